The summed E-state index contributed by atoms with van der Waals surface area (Å²) < 4.78 is 0. The molecule has 45 heavy (non-hydrogen) atoms. The van der Waals surface area contributed by atoms with E-state index in [1.165, 1.54) is 148 Å². The molecule has 0 bridgehead atoms. The number of rotatable bonds is 36. The fourth-order valence-corrected chi connectivity index (χ4v) is 6.22. The van der Waals surface area contributed by atoms with Crippen LogP contribution < -0.4 is 5.32 Å². The molecule has 0 rings (SSSR count). The van der Waals surface area contributed by atoms with Crippen LogP contribution in [0.25, 0.3) is 0 Å². The molecule has 0 aromatic rings. The molecule has 5 heteroatoms. The molecule has 1 amide bonds. The summed E-state index contributed by atoms with van der Waals surface area (Å²) in [6, 6.07) is -0.818. The second-order valence-corrected chi connectivity index (χ2v) is 13.8. The van der Waals surface area contributed by atoms with Crippen molar-refractivity contribution in [3.8, 4) is 0 Å². The fourth-order valence-electron chi connectivity index (χ4n) is 6.22. The molecule has 0 radical (unpaired) electrons. The zero-order chi connectivity index (χ0) is 33.1. The van der Waals surface area contributed by atoms with E-state index in [0.29, 0.717) is 12.8 Å². The first-order valence-corrected chi connectivity index (χ1v) is 20.0. The van der Waals surface area contributed by atoms with Crippen LogP contribution in [0.2, 0.25) is 0 Å². The molecule has 0 saturated carbocycles. The summed E-state index contributed by atoms with van der Waals surface area (Å²) in [5, 5.41) is 33.2. The molecule has 3 unspecified atom stereocenters. The van der Waals surface area contributed by atoms with Gasteiger partial charge in [-0.05, 0) is 38.5 Å². The van der Waals surface area contributed by atoms with Crippen molar-refractivity contribution in [1.29, 1.82) is 0 Å². The summed E-state index contributed by atoms with van der Waals surface area (Å²) in [5.74, 6) is -0.154. The third-order valence-corrected chi connectivity index (χ3v) is 9.37. The number of carbonyl (C=O) groups is 1. The maximum atomic E-state index is 12.3. The average Bonchev–Trinajstić information content (AvgIpc) is 3.04. The third-order valence-electron chi connectivity index (χ3n) is 9.37. The van der Waals surface area contributed by atoms with E-state index in [4.69, 9.17) is 0 Å². The maximum absolute atomic E-state index is 12.3. The molecule has 0 aromatic carbocycles. The zero-order valence-corrected chi connectivity index (χ0v) is 30.3. The Morgan fingerprint density at radius 1 is 0.533 bits per heavy atom. The van der Waals surface area contributed by atoms with Crippen molar-refractivity contribution in [3.63, 3.8) is 0 Å². The van der Waals surface area contributed by atoms with Crippen LogP contribution in [0, 0.1) is 0 Å². The lowest BCUT2D eigenvalue weighted by Crippen LogP contribution is -2.50. The molecule has 0 aliphatic carbocycles. The van der Waals surface area contributed by atoms with E-state index in [1.54, 1.807) is 0 Å². The smallest absolute Gasteiger partial charge is 0.220 e. The molecule has 5 nitrogen and oxygen atoms in total. The average molecular weight is 638 g/mol. The minimum Gasteiger partial charge on any atom is -0.394 e. The van der Waals surface area contributed by atoms with Crippen molar-refractivity contribution in [2.24, 2.45) is 0 Å². The summed E-state index contributed by atoms with van der Waals surface area (Å²) >= 11 is 0. The summed E-state index contributed by atoms with van der Waals surface area (Å²) in [7, 11) is 0. The van der Waals surface area contributed by atoms with Crippen LogP contribution in [-0.4, -0.2) is 46.1 Å². The van der Waals surface area contributed by atoms with Gasteiger partial charge in [-0.1, -0.05) is 180 Å². The normalized spacial score (nSPS) is 13.8. The summed E-state index contributed by atoms with van der Waals surface area (Å²) in [6.07, 6.45) is 40.5. The van der Waals surface area contributed by atoms with Gasteiger partial charge in [-0.25, -0.2) is 0 Å². The Balaban J connectivity index is 3.53. The first-order chi connectivity index (χ1) is 22.1. The Morgan fingerprint density at radius 2 is 0.889 bits per heavy atom. The molecule has 268 valence electrons. The van der Waals surface area contributed by atoms with Crippen LogP contribution in [0.5, 0.6) is 0 Å². The largest absolute Gasteiger partial charge is 0.394 e. The molecular formula is C40H79NO4. The quantitative estimate of drug-likeness (QED) is 0.0406. The highest BCUT2D eigenvalue weighted by molar-refractivity contribution is 5.76. The van der Waals surface area contributed by atoms with Crippen molar-refractivity contribution in [3.05, 3.63) is 12.2 Å². The molecular weight excluding hydrogens is 558 g/mol. The van der Waals surface area contributed by atoms with Crippen LogP contribution >= 0.6 is 0 Å². The van der Waals surface area contributed by atoms with Gasteiger partial charge in [0.2, 0.25) is 5.91 Å². The van der Waals surface area contributed by atoms with Gasteiger partial charge < -0.3 is 20.6 Å². The van der Waals surface area contributed by atoms with E-state index in [2.05, 4.69) is 31.3 Å². The molecule has 0 heterocycles. The van der Waals surface area contributed by atoms with Gasteiger partial charge in [0.25, 0.3) is 0 Å². The van der Waals surface area contributed by atoms with Crippen molar-refractivity contribution in [1.82, 2.24) is 5.32 Å². The first kappa shape index (κ1) is 44.1. The number of unbranched alkanes of at least 4 members (excludes halogenated alkanes) is 26. The molecule has 0 saturated heterocycles. The number of hydrogen-bond donors (Lipinski definition) is 4. The summed E-state index contributed by atoms with van der Waals surface area (Å²) in [5.41, 5.74) is 0. The van der Waals surface area contributed by atoms with E-state index in [-0.39, 0.29) is 12.5 Å². The van der Waals surface area contributed by atoms with Gasteiger partial charge in [-0.15, -0.1) is 0 Å². The SMILES string of the molecule is CCCCC/C=C/CCCC(O)C(O)C(CO)NC(=O)CCCCCCCCCCCCCCCCCCCCCCCCC. The highest BCUT2D eigenvalue weighted by Gasteiger charge is 2.26. The van der Waals surface area contributed by atoms with Crippen LogP contribution in [0.1, 0.15) is 213 Å². The Labute approximate surface area is 280 Å². The molecule has 0 aliphatic heterocycles. The van der Waals surface area contributed by atoms with Crippen LogP contribution in [0.15, 0.2) is 12.2 Å². The van der Waals surface area contributed by atoms with Crippen LogP contribution in [-0.2, 0) is 4.79 Å². The molecule has 0 aliphatic rings. The predicted molar refractivity (Wildman–Crippen MR) is 195 cm³/mol. The Morgan fingerprint density at radius 3 is 1.29 bits per heavy atom. The second kappa shape index (κ2) is 35.9. The van der Waals surface area contributed by atoms with Gasteiger partial charge in [-0.3, -0.25) is 4.79 Å². The van der Waals surface area contributed by atoms with E-state index >= 15 is 0 Å². The van der Waals surface area contributed by atoms with Gasteiger partial charge in [0, 0.05) is 6.42 Å². The third kappa shape index (κ3) is 31.5. The molecule has 0 aromatic heterocycles. The summed E-state index contributed by atoms with van der Waals surface area (Å²) in [4.78, 5) is 12.3. The van der Waals surface area contributed by atoms with Gasteiger partial charge >= 0.3 is 0 Å². The van der Waals surface area contributed by atoms with E-state index in [9.17, 15) is 20.1 Å². The Bertz CT molecular complexity index is 625. The van der Waals surface area contributed by atoms with Gasteiger partial charge in [-0.2, -0.15) is 0 Å². The number of nitrogens with one attached hydrogen (secondary N) is 1. The molecule has 0 fully saturated rings. The van der Waals surface area contributed by atoms with Crippen molar-refractivity contribution in [2.75, 3.05) is 6.61 Å². The molecule has 3 atom stereocenters. The Hall–Kier alpha value is -0.910. The highest BCUT2D eigenvalue weighted by Crippen LogP contribution is 2.16. The van der Waals surface area contributed by atoms with Gasteiger partial charge in [0.05, 0.1) is 18.8 Å². The molecule has 4 N–H and O–H groups in total. The number of carbonyl (C=O) groups excluding carboxylic acids is 1. The Kier molecular flexibility index (Phi) is 35.2. The van der Waals surface area contributed by atoms with Crippen LogP contribution in [0.4, 0.5) is 0 Å². The fraction of sp³-hybridized carbons (Fsp3) is 0.925. The van der Waals surface area contributed by atoms with Gasteiger partial charge in [0.1, 0.15) is 6.10 Å². The monoisotopic (exact) mass is 638 g/mol. The van der Waals surface area contributed by atoms with E-state index in [0.717, 1.165) is 38.5 Å². The van der Waals surface area contributed by atoms with E-state index < -0.39 is 18.2 Å². The topological polar surface area (TPSA) is 89.8 Å². The lowest BCUT2D eigenvalue weighted by Gasteiger charge is -2.26. The van der Waals surface area contributed by atoms with Crippen LogP contribution in [0.3, 0.4) is 0 Å². The van der Waals surface area contributed by atoms with Crippen molar-refractivity contribution < 1.29 is 20.1 Å². The minimum absolute atomic E-state index is 0.154. The van der Waals surface area contributed by atoms with Crippen molar-refractivity contribution in [2.45, 2.75) is 231 Å². The lowest BCUT2D eigenvalue weighted by molar-refractivity contribution is -0.124. The maximum Gasteiger partial charge on any atom is 0.220 e. The number of amides is 1. The summed E-state index contributed by atoms with van der Waals surface area (Å²) in [6.45, 7) is 4.11. The number of hydrogen-bond acceptors (Lipinski definition) is 4. The number of aliphatic hydroxyl groups is 3. The standard InChI is InChI=1S/C40H79NO4/c1-3-5-7-9-11-13-14-15-16-17-18-19-20-21-22-23-24-25-26-27-29-31-33-35-39(44)41-37(36-42)40(45)38(43)34-32-30-28-12-10-8-6-4-2/h12,28,37-38,40,42-43,45H,3-11,13-27,29-36H2,1-2H3,(H,41,44)/b28-12+. The van der Waals surface area contributed by atoms with Gasteiger partial charge in [0.15, 0.2) is 0 Å². The highest BCUT2D eigenvalue weighted by atomic mass is 16.3. The van der Waals surface area contributed by atoms with Crippen molar-refractivity contribution >= 4 is 5.91 Å². The second-order valence-electron chi connectivity index (χ2n) is 13.8. The number of aliphatic hydroxyl groups excluding tert-OH is 3. The predicted octanol–water partition coefficient (Wildman–Crippen LogP) is 10.9. The first-order valence-electron chi connectivity index (χ1n) is 20.0. The molecule has 0 spiro atoms. The van der Waals surface area contributed by atoms with E-state index in [1.807, 2.05) is 0 Å². The lowest BCUT2D eigenvalue weighted by atomic mass is 10.0. The number of allylic oxidation sites excluding steroid dienone is 2. The zero-order valence-electron chi connectivity index (χ0n) is 30.3. The minimum atomic E-state index is -1.15.